The quantitative estimate of drug-likeness (QED) is 0.158. The average Bonchev–Trinajstić information content (AvgIpc) is 3.32. The van der Waals surface area contributed by atoms with Crippen LogP contribution in [-0.2, 0) is 4.74 Å². The highest BCUT2D eigenvalue weighted by atomic mass is 16.6. The summed E-state index contributed by atoms with van der Waals surface area (Å²) in [5.41, 5.74) is 13.8. The average molecular weight is 586 g/mol. The monoisotopic (exact) mass is 586 g/mol. The maximum atomic E-state index is 13.2. The van der Waals surface area contributed by atoms with Crippen molar-refractivity contribution in [3.05, 3.63) is 11.6 Å². The largest absolute Gasteiger partial charge is 0.446 e. The summed E-state index contributed by atoms with van der Waals surface area (Å²) >= 11 is 0. The van der Waals surface area contributed by atoms with E-state index in [1.54, 1.807) is 5.57 Å². The Hall–Kier alpha value is -1.07. The van der Waals surface area contributed by atoms with Crippen LogP contribution in [0.15, 0.2) is 11.6 Å². The van der Waals surface area contributed by atoms with E-state index < -0.39 is 0 Å². The van der Waals surface area contributed by atoms with Crippen molar-refractivity contribution in [3.63, 3.8) is 0 Å². The lowest BCUT2D eigenvalue weighted by Gasteiger charge is -2.58. The molecule has 0 heterocycles. The van der Waals surface area contributed by atoms with E-state index in [2.05, 4.69) is 47.6 Å². The van der Waals surface area contributed by atoms with E-state index in [1.807, 2.05) is 4.90 Å². The lowest BCUT2D eigenvalue weighted by atomic mass is 9.47. The number of fused-ring (bicyclic) bond motifs is 5. The molecule has 0 aromatic heterocycles. The fraction of sp³-hybridized carbons (Fsp3) is 0.919. The molecule has 3 saturated carbocycles. The highest BCUT2D eigenvalue weighted by Gasteiger charge is 2.59. The van der Waals surface area contributed by atoms with Crippen molar-refractivity contribution in [2.24, 2.45) is 63.7 Å². The summed E-state index contributed by atoms with van der Waals surface area (Å²) < 4.78 is 6.17. The molecular weight excluding hydrogens is 518 g/mol. The molecule has 42 heavy (non-hydrogen) atoms. The maximum Gasteiger partial charge on any atom is 0.410 e. The zero-order valence-corrected chi connectivity index (χ0v) is 28.3. The van der Waals surface area contributed by atoms with Crippen LogP contribution in [0.4, 0.5) is 4.79 Å². The fourth-order valence-electron chi connectivity index (χ4n) is 10.6. The first-order chi connectivity index (χ1) is 20.1. The van der Waals surface area contributed by atoms with Gasteiger partial charge in [0.2, 0.25) is 0 Å². The lowest BCUT2D eigenvalue weighted by molar-refractivity contribution is -0.0595. The molecule has 0 bridgehead atoms. The van der Waals surface area contributed by atoms with Crippen molar-refractivity contribution in [1.82, 2.24) is 4.90 Å². The molecule has 4 N–H and O–H groups in total. The second kappa shape index (κ2) is 14.8. The second-order valence-corrected chi connectivity index (χ2v) is 15.8. The number of ether oxygens (including phenoxy) is 1. The van der Waals surface area contributed by atoms with E-state index in [-0.39, 0.29) is 17.6 Å². The molecule has 1 amide bonds. The van der Waals surface area contributed by atoms with Crippen LogP contribution in [-0.4, -0.2) is 43.3 Å². The SMILES string of the molecule is CC[C@H](CC[C@@H](C)C1CCC2C3CC=C4CC(OC(=O)N(CCCN)CCCCN)CCC4(C)C3CCC21C)C(C)C. The third kappa shape index (κ3) is 7.08. The molecule has 4 aliphatic carbocycles. The van der Waals surface area contributed by atoms with E-state index >= 15 is 0 Å². The molecule has 9 atom stereocenters. The molecule has 4 rings (SSSR count). The van der Waals surface area contributed by atoms with Gasteiger partial charge in [-0.2, -0.15) is 0 Å². The van der Waals surface area contributed by atoms with E-state index in [0.717, 1.165) is 80.0 Å². The third-order valence-corrected chi connectivity index (χ3v) is 13.3. The van der Waals surface area contributed by atoms with Gasteiger partial charge >= 0.3 is 6.09 Å². The number of nitrogens with zero attached hydrogens (tertiary/aromatic N) is 1. The molecule has 0 saturated heterocycles. The van der Waals surface area contributed by atoms with Gasteiger partial charge in [0, 0.05) is 19.5 Å². The summed E-state index contributed by atoms with van der Waals surface area (Å²) in [6.45, 7) is 17.7. The molecule has 242 valence electrons. The predicted molar refractivity (Wildman–Crippen MR) is 176 cm³/mol. The first-order valence-electron chi connectivity index (χ1n) is 18.1. The van der Waals surface area contributed by atoms with Crippen LogP contribution in [0.1, 0.15) is 131 Å². The van der Waals surface area contributed by atoms with Crippen LogP contribution < -0.4 is 11.5 Å². The summed E-state index contributed by atoms with van der Waals surface area (Å²) in [6.07, 6.45) is 19.3. The number of unbranched alkanes of at least 4 members (excludes halogenated alkanes) is 1. The van der Waals surface area contributed by atoms with Crippen LogP contribution in [0.3, 0.4) is 0 Å². The predicted octanol–water partition coefficient (Wildman–Crippen LogP) is 8.56. The highest BCUT2D eigenvalue weighted by Crippen LogP contribution is 2.67. The molecule has 7 unspecified atom stereocenters. The van der Waals surface area contributed by atoms with E-state index in [4.69, 9.17) is 16.2 Å². The number of amides is 1. The van der Waals surface area contributed by atoms with E-state index in [1.165, 1.54) is 51.4 Å². The number of nitrogens with two attached hydrogens (primary N) is 2. The first-order valence-corrected chi connectivity index (χ1v) is 18.1. The number of allylic oxidation sites excluding steroid dienone is 1. The number of hydrogen-bond acceptors (Lipinski definition) is 4. The zero-order valence-electron chi connectivity index (χ0n) is 28.3. The minimum absolute atomic E-state index is 0.00612. The lowest BCUT2D eigenvalue weighted by Crippen LogP contribution is -2.51. The minimum Gasteiger partial charge on any atom is -0.446 e. The van der Waals surface area contributed by atoms with E-state index in [0.29, 0.717) is 31.6 Å². The molecule has 5 nitrogen and oxygen atoms in total. The van der Waals surface area contributed by atoms with E-state index in [9.17, 15) is 4.79 Å². The van der Waals surface area contributed by atoms with Gasteiger partial charge in [0.15, 0.2) is 0 Å². The number of hydrogen-bond donors (Lipinski definition) is 2. The van der Waals surface area contributed by atoms with Gasteiger partial charge in [-0.25, -0.2) is 4.79 Å². The summed E-state index contributed by atoms with van der Waals surface area (Å²) in [5, 5.41) is 0. The van der Waals surface area contributed by atoms with Crippen LogP contribution >= 0.6 is 0 Å². The van der Waals surface area contributed by atoms with Crippen molar-refractivity contribution in [1.29, 1.82) is 0 Å². The summed E-state index contributed by atoms with van der Waals surface area (Å²) in [7, 11) is 0. The van der Waals surface area contributed by atoms with Crippen molar-refractivity contribution < 1.29 is 9.53 Å². The molecule has 3 fully saturated rings. The highest BCUT2D eigenvalue weighted by molar-refractivity contribution is 5.67. The molecule has 5 heteroatoms. The van der Waals surface area contributed by atoms with Crippen molar-refractivity contribution in [3.8, 4) is 0 Å². The second-order valence-electron chi connectivity index (χ2n) is 15.8. The Kier molecular flexibility index (Phi) is 11.9. The van der Waals surface area contributed by atoms with Gasteiger partial charge in [-0.1, -0.05) is 66.0 Å². The summed E-state index contributed by atoms with van der Waals surface area (Å²) in [6, 6.07) is 0. The maximum absolute atomic E-state index is 13.2. The Morgan fingerprint density at radius 3 is 2.40 bits per heavy atom. The summed E-state index contributed by atoms with van der Waals surface area (Å²) in [5.74, 6) is 5.95. The number of carbonyl (C=O) groups excluding carboxylic acids is 1. The molecule has 0 spiro atoms. The van der Waals surface area contributed by atoms with Crippen molar-refractivity contribution in [2.45, 2.75) is 138 Å². The Balaban J connectivity index is 1.38. The van der Waals surface area contributed by atoms with Crippen LogP contribution in [0, 0.1) is 52.3 Å². The van der Waals surface area contributed by atoms with Crippen molar-refractivity contribution >= 4 is 6.09 Å². The molecular formula is C37H67N3O2. The molecule has 0 aliphatic heterocycles. The van der Waals surface area contributed by atoms with Gasteiger partial charge in [0.25, 0.3) is 0 Å². The third-order valence-electron chi connectivity index (χ3n) is 13.3. The van der Waals surface area contributed by atoms with Gasteiger partial charge in [0.1, 0.15) is 6.10 Å². The standard InChI is InChI=1S/C37H67N3O2/c1-7-28(26(2)3)12-11-27(4)32-15-16-33-31-14-13-29-25-30(17-19-36(29,5)34(31)18-20-37(32,33)6)42-35(41)40(24-10-22-39)23-9-8-21-38/h13,26-28,30-34H,7-12,14-25,38-39H2,1-6H3/t27-,28-,30?,31?,32?,33?,34?,36?,37?/m1/s1. The van der Waals surface area contributed by atoms with Gasteiger partial charge in [-0.05, 0) is 136 Å². The smallest absolute Gasteiger partial charge is 0.410 e. The Morgan fingerprint density at radius 1 is 0.976 bits per heavy atom. The van der Waals surface area contributed by atoms with Gasteiger partial charge in [0.05, 0.1) is 0 Å². The fourth-order valence-corrected chi connectivity index (χ4v) is 10.6. The van der Waals surface area contributed by atoms with Crippen LogP contribution in [0.2, 0.25) is 0 Å². The Bertz CT molecular complexity index is 903. The van der Waals surface area contributed by atoms with Gasteiger partial charge in [-0.3, -0.25) is 0 Å². The number of carbonyl (C=O) groups is 1. The van der Waals surface area contributed by atoms with Gasteiger partial charge < -0.3 is 21.1 Å². The van der Waals surface area contributed by atoms with Gasteiger partial charge in [-0.15, -0.1) is 0 Å². The Labute approximate surface area is 259 Å². The van der Waals surface area contributed by atoms with Crippen LogP contribution in [0.5, 0.6) is 0 Å². The normalized spacial score (nSPS) is 35.5. The zero-order chi connectivity index (χ0) is 30.5. The first kappa shape index (κ1) is 33.8. The molecule has 0 radical (unpaired) electrons. The summed E-state index contributed by atoms with van der Waals surface area (Å²) in [4.78, 5) is 15.0. The topological polar surface area (TPSA) is 81.6 Å². The van der Waals surface area contributed by atoms with Crippen LogP contribution in [0.25, 0.3) is 0 Å². The van der Waals surface area contributed by atoms with Crippen molar-refractivity contribution in [2.75, 3.05) is 26.2 Å². The minimum atomic E-state index is -0.151. The number of rotatable bonds is 14. The molecule has 4 aliphatic rings. The molecule has 0 aromatic rings. The molecule has 0 aromatic carbocycles. The Morgan fingerprint density at radius 2 is 1.71 bits per heavy atom.